The van der Waals surface area contributed by atoms with Gasteiger partial charge in [0.1, 0.15) is 0 Å². The Balaban J connectivity index is 2.05. The van der Waals surface area contributed by atoms with Crippen LogP contribution in [0.2, 0.25) is 0 Å². The molecule has 0 saturated carbocycles. The van der Waals surface area contributed by atoms with Gasteiger partial charge < -0.3 is 9.31 Å². The third kappa shape index (κ3) is 3.68. The van der Waals surface area contributed by atoms with Crippen molar-refractivity contribution < 1.29 is 9.31 Å². The molecule has 0 bridgehead atoms. The average Bonchev–Trinajstić information content (AvgIpc) is 2.30. The van der Waals surface area contributed by atoms with Crippen molar-refractivity contribution in [1.29, 1.82) is 0 Å². The van der Waals surface area contributed by atoms with Gasteiger partial charge in [-0.25, -0.2) is 0 Å². The summed E-state index contributed by atoms with van der Waals surface area (Å²) in [6.07, 6.45) is 0. The quantitative estimate of drug-likeness (QED) is 0.516. The highest BCUT2D eigenvalue weighted by Crippen LogP contribution is 2.21. The van der Waals surface area contributed by atoms with Crippen LogP contribution >= 0.6 is 22.9 Å². The van der Waals surface area contributed by atoms with Crippen molar-refractivity contribution >= 4 is 35.4 Å². The summed E-state index contributed by atoms with van der Waals surface area (Å²) in [6, 6.07) is 8.33. The summed E-state index contributed by atoms with van der Waals surface area (Å²) in [4.78, 5) is 0. The van der Waals surface area contributed by atoms with Crippen LogP contribution in [0.5, 0.6) is 0 Å². The van der Waals surface area contributed by atoms with E-state index >= 15 is 0 Å². The summed E-state index contributed by atoms with van der Waals surface area (Å²) in [7, 11) is -0.211. The predicted molar refractivity (Wildman–Crippen MR) is 78.4 cm³/mol. The molecule has 0 radical (unpaired) electrons. The van der Waals surface area contributed by atoms with Crippen molar-refractivity contribution in [2.45, 2.75) is 20.4 Å². The van der Waals surface area contributed by atoms with Crippen LogP contribution in [0.15, 0.2) is 24.3 Å². The third-order valence-corrected chi connectivity index (χ3v) is 3.13. The van der Waals surface area contributed by atoms with Crippen LogP contribution in [0.1, 0.15) is 19.4 Å². The number of hydrogen-bond acceptors (Lipinski definition) is 3. The van der Waals surface area contributed by atoms with Gasteiger partial charge >= 0.3 is 7.12 Å². The van der Waals surface area contributed by atoms with E-state index in [1.165, 1.54) is 5.56 Å². The molecule has 1 aromatic rings. The fourth-order valence-corrected chi connectivity index (χ4v) is 2.25. The van der Waals surface area contributed by atoms with Gasteiger partial charge in [-0.1, -0.05) is 38.1 Å². The summed E-state index contributed by atoms with van der Waals surface area (Å²) in [6.45, 7) is 6.64. The van der Waals surface area contributed by atoms with E-state index in [4.69, 9.17) is 9.31 Å². The first-order valence-electron chi connectivity index (χ1n) is 5.76. The molecule has 17 heavy (non-hydrogen) atoms. The Morgan fingerprint density at radius 3 is 2.71 bits per heavy atom. The predicted octanol–water partition coefficient (Wildman–Crippen LogP) is 1.89. The summed E-state index contributed by atoms with van der Waals surface area (Å²) < 4.78 is 14.7. The van der Waals surface area contributed by atoms with E-state index in [1.54, 1.807) is 0 Å². The molecule has 1 fully saturated rings. The second kappa shape index (κ2) is 5.69. The van der Waals surface area contributed by atoms with Gasteiger partial charge in [0.15, 0.2) is 0 Å². The van der Waals surface area contributed by atoms with Crippen LogP contribution in [-0.4, -0.2) is 20.3 Å². The Hall–Kier alpha value is -0.105. The lowest BCUT2D eigenvalue weighted by Gasteiger charge is -2.33. The van der Waals surface area contributed by atoms with Gasteiger partial charge in [0.2, 0.25) is 0 Å². The normalized spacial score (nSPS) is 19.4. The van der Waals surface area contributed by atoms with E-state index in [0.29, 0.717) is 0 Å². The molecular weight excluding hydrogens is 328 g/mol. The first kappa shape index (κ1) is 13.3. The van der Waals surface area contributed by atoms with Crippen LogP contribution in [0, 0.1) is 5.41 Å². The maximum absolute atomic E-state index is 5.77. The molecule has 1 N–H and O–H groups in total. The Bertz CT molecular complexity index is 377. The second-order valence-electron chi connectivity index (χ2n) is 5.17. The molecule has 0 aromatic heterocycles. The van der Waals surface area contributed by atoms with E-state index in [-0.39, 0.29) is 12.5 Å². The number of benzene rings is 1. The molecule has 1 saturated heterocycles. The molecule has 1 heterocycles. The zero-order chi connectivity index (χ0) is 12.3. The molecule has 92 valence electrons. The first-order chi connectivity index (χ1) is 8.11. The minimum absolute atomic E-state index is 0.123. The van der Waals surface area contributed by atoms with Crippen molar-refractivity contribution in [3.05, 3.63) is 29.8 Å². The summed E-state index contributed by atoms with van der Waals surface area (Å²) in [5, 5.41) is 0. The van der Waals surface area contributed by atoms with Crippen molar-refractivity contribution in [2.24, 2.45) is 5.41 Å². The molecule has 5 heteroatoms. The van der Waals surface area contributed by atoms with Crippen molar-refractivity contribution in [3.63, 3.8) is 0 Å². The van der Waals surface area contributed by atoms with Crippen molar-refractivity contribution in [1.82, 2.24) is 3.53 Å². The van der Waals surface area contributed by atoms with Gasteiger partial charge in [-0.15, -0.1) is 0 Å². The van der Waals surface area contributed by atoms with Crippen LogP contribution < -0.4 is 8.99 Å². The van der Waals surface area contributed by atoms with Gasteiger partial charge in [0.05, 0.1) is 0 Å². The average molecular weight is 345 g/mol. The standard InChI is InChI=1S/C12H17BINO2/c1-12(2)8-16-13(17-9-12)11-5-3-4-10(6-11)7-15-14/h3-6,15H,7-9H2,1-2H3. The Morgan fingerprint density at radius 2 is 2.06 bits per heavy atom. The van der Waals surface area contributed by atoms with Gasteiger partial charge in [0.25, 0.3) is 0 Å². The lowest BCUT2D eigenvalue weighted by atomic mass is 9.75. The summed E-state index contributed by atoms with van der Waals surface area (Å²) in [5.41, 5.74) is 2.47. The zero-order valence-electron chi connectivity index (χ0n) is 10.2. The zero-order valence-corrected chi connectivity index (χ0v) is 12.4. The van der Waals surface area contributed by atoms with Crippen LogP contribution in [0.3, 0.4) is 0 Å². The third-order valence-electron chi connectivity index (χ3n) is 2.75. The maximum Gasteiger partial charge on any atom is 0.493 e. The second-order valence-corrected chi connectivity index (χ2v) is 5.94. The molecule has 1 aliphatic heterocycles. The number of hydrogen-bond donors (Lipinski definition) is 1. The molecular formula is C12H17BINO2. The summed E-state index contributed by atoms with van der Waals surface area (Å²) >= 11 is 2.15. The van der Waals surface area contributed by atoms with Crippen LogP contribution in [0.25, 0.3) is 0 Å². The topological polar surface area (TPSA) is 30.5 Å². The molecule has 0 amide bonds. The maximum atomic E-state index is 5.77. The van der Waals surface area contributed by atoms with Gasteiger partial charge in [-0.2, -0.15) is 0 Å². The minimum atomic E-state index is -0.211. The Labute approximate surface area is 117 Å². The van der Waals surface area contributed by atoms with Gasteiger partial charge in [-0.05, 0) is 11.0 Å². The van der Waals surface area contributed by atoms with Crippen molar-refractivity contribution in [2.75, 3.05) is 13.2 Å². The first-order valence-corrected chi connectivity index (χ1v) is 6.84. The highest BCUT2D eigenvalue weighted by atomic mass is 127. The van der Waals surface area contributed by atoms with E-state index in [2.05, 4.69) is 58.4 Å². The molecule has 0 atom stereocenters. The van der Waals surface area contributed by atoms with Gasteiger partial charge in [-0.3, -0.25) is 3.53 Å². The summed E-state index contributed by atoms with van der Waals surface area (Å²) in [5.74, 6) is 0. The molecule has 2 rings (SSSR count). The Kier molecular flexibility index (Phi) is 4.46. The highest BCUT2D eigenvalue weighted by molar-refractivity contribution is 14.1. The van der Waals surface area contributed by atoms with E-state index in [1.807, 2.05) is 6.07 Å². The number of nitrogens with one attached hydrogen (secondary N) is 1. The van der Waals surface area contributed by atoms with Crippen LogP contribution in [-0.2, 0) is 15.9 Å². The molecule has 0 unspecified atom stereocenters. The van der Waals surface area contributed by atoms with Crippen LogP contribution in [0.4, 0.5) is 0 Å². The van der Waals surface area contributed by atoms with E-state index in [9.17, 15) is 0 Å². The van der Waals surface area contributed by atoms with Crippen molar-refractivity contribution in [3.8, 4) is 0 Å². The lowest BCUT2D eigenvalue weighted by molar-refractivity contribution is 0.0343. The highest BCUT2D eigenvalue weighted by Gasteiger charge is 2.33. The monoisotopic (exact) mass is 345 g/mol. The largest absolute Gasteiger partial charge is 0.493 e. The minimum Gasteiger partial charge on any atom is -0.407 e. The molecule has 0 aliphatic carbocycles. The Morgan fingerprint density at radius 1 is 1.35 bits per heavy atom. The molecule has 1 aliphatic rings. The van der Waals surface area contributed by atoms with E-state index in [0.717, 1.165) is 25.2 Å². The lowest BCUT2D eigenvalue weighted by Crippen LogP contribution is -2.47. The molecule has 1 aromatic carbocycles. The number of halogens is 1. The SMILES string of the molecule is CC1(C)COB(c2cccc(CNI)c2)OC1. The smallest absolute Gasteiger partial charge is 0.407 e. The molecule has 0 spiro atoms. The fourth-order valence-electron chi connectivity index (χ4n) is 1.81. The number of rotatable bonds is 3. The fraction of sp³-hybridized carbons (Fsp3) is 0.500. The van der Waals surface area contributed by atoms with Gasteiger partial charge in [0, 0.05) is 48.0 Å². The van der Waals surface area contributed by atoms with E-state index < -0.39 is 0 Å². The molecule has 3 nitrogen and oxygen atoms in total.